The summed E-state index contributed by atoms with van der Waals surface area (Å²) >= 11 is 0. The highest BCUT2D eigenvalue weighted by Crippen LogP contribution is 2.32. The lowest BCUT2D eigenvalue weighted by Gasteiger charge is -2.26. The summed E-state index contributed by atoms with van der Waals surface area (Å²) in [6.45, 7) is 3.79. The number of rotatable bonds is 3. The van der Waals surface area contributed by atoms with Crippen molar-refractivity contribution in [1.29, 1.82) is 0 Å². The minimum Gasteiger partial charge on any atom is -0.349 e. The molecule has 0 bridgehead atoms. The van der Waals surface area contributed by atoms with E-state index >= 15 is 0 Å². The number of nitrogens with two attached hydrogens (primary N) is 1. The maximum atomic E-state index is 13.0. The number of nitrogens with zero attached hydrogens (tertiary/aromatic N) is 1. The van der Waals surface area contributed by atoms with Crippen molar-refractivity contribution in [2.75, 3.05) is 4.90 Å². The van der Waals surface area contributed by atoms with Gasteiger partial charge in [0.2, 0.25) is 0 Å². The van der Waals surface area contributed by atoms with Crippen LogP contribution in [-0.2, 0) is 0 Å². The number of anilines is 1. The van der Waals surface area contributed by atoms with E-state index in [9.17, 15) is 14.4 Å². The molecule has 1 saturated carbocycles. The van der Waals surface area contributed by atoms with Gasteiger partial charge in [-0.15, -0.1) is 12.4 Å². The van der Waals surface area contributed by atoms with E-state index in [0.717, 1.165) is 36.8 Å². The standard InChI is InChI=1S/C23H25N3O3.ClH/c1-13-3-4-14(2)20(11-13)26-22(28)18-10-5-15(12-19(18)23(26)29)21(27)25-17-8-6-16(24)7-9-17;/h3-5,10-12,16-17H,6-9,24H2,1-2H3,(H,25,27);1H. The van der Waals surface area contributed by atoms with Gasteiger partial charge < -0.3 is 11.1 Å². The third-order valence-corrected chi connectivity index (χ3v) is 5.86. The normalized spacial score (nSPS) is 20.6. The average molecular weight is 428 g/mol. The van der Waals surface area contributed by atoms with E-state index in [0.29, 0.717) is 16.8 Å². The highest BCUT2D eigenvalue weighted by atomic mass is 35.5. The van der Waals surface area contributed by atoms with Crippen LogP contribution in [-0.4, -0.2) is 29.8 Å². The summed E-state index contributed by atoms with van der Waals surface area (Å²) in [4.78, 5) is 39.8. The lowest BCUT2D eigenvalue weighted by molar-refractivity contribution is 0.0917. The van der Waals surface area contributed by atoms with Crippen LogP contribution in [0.25, 0.3) is 0 Å². The monoisotopic (exact) mass is 427 g/mol. The SMILES string of the molecule is Cc1ccc(C)c(N2C(=O)c3ccc(C(=O)NC4CCC(N)CC4)cc3C2=O)c1.Cl. The van der Waals surface area contributed by atoms with Crippen molar-refractivity contribution in [1.82, 2.24) is 5.32 Å². The molecule has 0 spiro atoms. The number of carbonyl (C=O) groups excluding carboxylic acids is 3. The number of carbonyl (C=O) groups is 3. The van der Waals surface area contributed by atoms with Gasteiger partial charge in [-0.1, -0.05) is 12.1 Å². The average Bonchev–Trinajstić information content (AvgIpc) is 2.95. The molecule has 0 aromatic heterocycles. The second-order valence-corrected chi connectivity index (χ2v) is 8.08. The number of aryl methyl sites for hydroxylation is 2. The van der Waals surface area contributed by atoms with Crippen molar-refractivity contribution in [2.45, 2.75) is 51.6 Å². The molecule has 7 heteroatoms. The van der Waals surface area contributed by atoms with E-state index < -0.39 is 5.91 Å². The van der Waals surface area contributed by atoms with Crippen LogP contribution in [0, 0.1) is 13.8 Å². The van der Waals surface area contributed by atoms with Crippen LogP contribution in [0.5, 0.6) is 0 Å². The van der Waals surface area contributed by atoms with Crippen LogP contribution < -0.4 is 16.0 Å². The van der Waals surface area contributed by atoms with E-state index in [1.807, 2.05) is 32.0 Å². The molecule has 0 atom stereocenters. The van der Waals surface area contributed by atoms with Gasteiger partial charge in [-0.3, -0.25) is 14.4 Å². The van der Waals surface area contributed by atoms with Gasteiger partial charge in [-0.2, -0.15) is 0 Å². The largest absolute Gasteiger partial charge is 0.349 e. The molecule has 158 valence electrons. The maximum absolute atomic E-state index is 13.0. The maximum Gasteiger partial charge on any atom is 0.266 e. The lowest BCUT2D eigenvalue weighted by Crippen LogP contribution is -2.40. The van der Waals surface area contributed by atoms with E-state index in [-0.39, 0.29) is 41.9 Å². The highest BCUT2D eigenvalue weighted by Gasteiger charge is 2.38. The zero-order valence-corrected chi connectivity index (χ0v) is 17.9. The summed E-state index contributed by atoms with van der Waals surface area (Å²) < 4.78 is 0. The van der Waals surface area contributed by atoms with Crippen LogP contribution >= 0.6 is 12.4 Å². The molecular formula is C23H26ClN3O3. The van der Waals surface area contributed by atoms with Gasteiger partial charge in [0.25, 0.3) is 17.7 Å². The van der Waals surface area contributed by atoms with Crippen molar-refractivity contribution in [3.8, 4) is 0 Å². The summed E-state index contributed by atoms with van der Waals surface area (Å²) in [5, 5.41) is 3.03. The van der Waals surface area contributed by atoms with E-state index in [4.69, 9.17) is 5.73 Å². The van der Waals surface area contributed by atoms with Gasteiger partial charge in [-0.25, -0.2) is 4.90 Å². The minimum atomic E-state index is -0.392. The van der Waals surface area contributed by atoms with Gasteiger partial charge in [0, 0.05) is 17.6 Å². The van der Waals surface area contributed by atoms with E-state index in [1.54, 1.807) is 12.1 Å². The smallest absolute Gasteiger partial charge is 0.266 e. The fourth-order valence-corrected chi connectivity index (χ4v) is 4.09. The molecule has 0 saturated heterocycles. The van der Waals surface area contributed by atoms with Crippen LogP contribution in [0.15, 0.2) is 36.4 Å². The van der Waals surface area contributed by atoms with Gasteiger partial charge >= 0.3 is 0 Å². The lowest BCUT2D eigenvalue weighted by atomic mass is 9.91. The number of hydrogen-bond acceptors (Lipinski definition) is 4. The number of amides is 3. The third kappa shape index (κ3) is 3.98. The Morgan fingerprint density at radius 2 is 1.63 bits per heavy atom. The fraction of sp³-hybridized carbons (Fsp3) is 0.348. The quantitative estimate of drug-likeness (QED) is 0.733. The van der Waals surface area contributed by atoms with Crippen molar-refractivity contribution < 1.29 is 14.4 Å². The topological polar surface area (TPSA) is 92.5 Å². The van der Waals surface area contributed by atoms with Gasteiger partial charge in [0.1, 0.15) is 0 Å². The first-order valence-electron chi connectivity index (χ1n) is 10.0. The molecule has 3 amide bonds. The number of nitrogens with one attached hydrogen (secondary N) is 1. The fourth-order valence-electron chi connectivity index (χ4n) is 4.09. The first-order valence-corrected chi connectivity index (χ1v) is 10.0. The predicted octanol–water partition coefficient (Wildman–Crippen LogP) is 3.53. The molecule has 2 aliphatic rings. The molecule has 30 heavy (non-hydrogen) atoms. The Balaban J connectivity index is 0.00000256. The Bertz CT molecular complexity index is 1010. The second kappa shape index (κ2) is 8.58. The summed E-state index contributed by atoms with van der Waals surface area (Å²) in [5.41, 5.74) is 9.31. The van der Waals surface area contributed by atoms with Crippen LogP contribution in [0.4, 0.5) is 5.69 Å². The van der Waals surface area contributed by atoms with E-state index in [2.05, 4.69) is 5.32 Å². The predicted molar refractivity (Wildman–Crippen MR) is 118 cm³/mol. The summed E-state index contributed by atoms with van der Waals surface area (Å²) in [5.74, 6) is -0.970. The Kier molecular flexibility index (Phi) is 6.29. The van der Waals surface area contributed by atoms with E-state index in [1.165, 1.54) is 11.0 Å². The molecule has 6 nitrogen and oxygen atoms in total. The zero-order chi connectivity index (χ0) is 20.7. The van der Waals surface area contributed by atoms with Gasteiger partial charge in [-0.05, 0) is 74.9 Å². The number of imide groups is 1. The number of fused-ring (bicyclic) bond motifs is 1. The Morgan fingerprint density at radius 1 is 0.967 bits per heavy atom. The summed E-state index contributed by atoms with van der Waals surface area (Å²) in [7, 11) is 0. The zero-order valence-electron chi connectivity index (χ0n) is 17.1. The summed E-state index contributed by atoms with van der Waals surface area (Å²) in [6.07, 6.45) is 3.51. The van der Waals surface area contributed by atoms with Crippen LogP contribution in [0.3, 0.4) is 0 Å². The molecular weight excluding hydrogens is 402 g/mol. The first-order chi connectivity index (χ1) is 13.8. The molecule has 1 fully saturated rings. The van der Waals surface area contributed by atoms with Crippen molar-refractivity contribution >= 4 is 35.8 Å². The Labute approximate surface area is 182 Å². The number of benzene rings is 2. The molecule has 3 N–H and O–H groups in total. The highest BCUT2D eigenvalue weighted by molar-refractivity contribution is 6.35. The van der Waals surface area contributed by atoms with Crippen molar-refractivity contribution in [3.05, 3.63) is 64.2 Å². The molecule has 0 unspecified atom stereocenters. The molecule has 1 aliphatic heterocycles. The number of hydrogen-bond donors (Lipinski definition) is 2. The Hall–Kier alpha value is -2.70. The van der Waals surface area contributed by atoms with Gasteiger partial charge in [0.05, 0.1) is 16.8 Å². The number of halogens is 1. The van der Waals surface area contributed by atoms with Crippen molar-refractivity contribution in [3.63, 3.8) is 0 Å². The molecule has 2 aromatic carbocycles. The minimum absolute atomic E-state index is 0. The Morgan fingerprint density at radius 3 is 2.33 bits per heavy atom. The molecule has 0 radical (unpaired) electrons. The molecule has 1 aliphatic carbocycles. The van der Waals surface area contributed by atoms with Crippen LogP contribution in [0.1, 0.15) is 67.9 Å². The third-order valence-electron chi connectivity index (χ3n) is 5.86. The molecule has 1 heterocycles. The van der Waals surface area contributed by atoms with Crippen molar-refractivity contribution in [2.24, 2.45) is 5.73 Å². The second-order valence-electron chi connectivity index (χ2n) is 8.08. The summed E-state index contributed by atoms with van der Waals surface area (Å²) in [6, 6.07) is 10.7. The van der Waals surface area contributed by atoms with Crippen LogP contribution in [0.2, 0.25) is 0 Å². The first kappa shape index (κ1) is 22.0. The molecule has 2 aromatic rings. The van der Waals surface area contributed by atoms with Gasteiger partial charge in [0.15, 0.2) is 0 Å². The molecule has 4 rings (SSSR count).